The minimum atomic E-state index is -3.33. The van der Waals surface area contributed by atoms with E-state index >= 15 is 0 Å². The van der Waals surface area contributed by atoms with Crippen LogP contribution in [0.3, 0.4) is 0 Å². The number of benzene rings is 4. The van der Waals surface area contributed by atoms with Gasteiger partial charge in [-0.1, -0.05) is 0 Å². The van der Waals surface area contributed by atoms with Gasteiger partial charge in [-0.05, 0) is 0 Å². The van der Waals surface area contributed by atoms with Crippen molar-refractivity contribution >= 4 is 31.0 Å². The molecule has 0 aliphatic carbocycles. The molecule has 0 aromatic heterocycles. The average Bonchev–Trinajstić information content (AvgIpc) is 2.74. The quantitative estimate of drug-likeness (QED) is 0.396. The van der Waals surface area contributed by atoms with Crippen LogP contribution in [0.2, 0.25) is 0 Å². The van der Waals surface area contributed by atoms with E-state index in [1.165, 1.54) is 13.1 Å². The predicted octanol–water partition coefficient (Wildman–Crippen LogP) is 2.21. The van der Waals surface area contributed by atoms with Crippen molar-refractivity contribution in [3.8, 4) is 11.5 Å². The second kappa shape index (κ2) is 7.34. The second-order valence-electron chi connectivity index (χ2n) is 6.55. The molecule has 4 aromatic carbocycles. The Balaban J connectivity index is 2.14. The van der Waals surface area contributed by atoms with Crippen molar-refractivity contribution in [1.29, 1.82) is 0 Å². The molecule has 0 spiro atoms. The van der Waals surface area contributed by atoms with Gasteiger partial charge in [0.15, 0.2) is 0 Å². The number of hydrogen-bond acceptors (Lipinski definition) is 2. The minimum absolute atomic E-state index is 0.0784. The molecule has 2 nitrogen and oxygen atoms in total. The van der Waals surface area contributed by atoms with E-state index in [1.54, 1.807) is 12.1 Å². The van der Waals surface area contributed by atoms with Crippen LogP contribution < -0.4 is 17.4 Å². The van der Waals surface area contributed by atoms with Crippen molar-refractivity contribution in [2.24, 2.45) is 0 Å². The monoisotopic (exact) mass is 416 g/mol. The van der Waals surface area contributed by atoms with Gasteiger partial charge >= 0.3 is 162 Å². The summed E-state index contributed by atoms with van der Waals surface area (Å²) < 4.78 is 4.91. The van der Waals surface area contributed by atoms with E-state index in [0.29, 0.717) is 0 Å². The fourth-order valence-corrected chi connectivity index (χ4v) is 13.8. The van der Waals surface area contributed by atoms with Gasteiger partial charge in [0.25, 0.3) is 0 Å². The maximum absolute atomic E-state index is 10.3. The fraction of sp³-hybridized carbons (Fsp3) is 0. The van der Waals surface area contributed by atoms with Gasteiger partial charge in [-0.2, -0.15) is 0 Å². The Morgan fingerprint density at radius 1 is 0.407 bits per heavy atom. The Labute approximate surface area is 161 Å². The molecular weight excluding hydrogens is 395 g/mol. The first-order valence-corrected chi connectivity index (χ1v) is 13.1. The third-order valence-electron chi connectivity index (χ3n) is 5.03. The Morgan fingerprint density at radius 3 is 1.19 bits per heavy atom. The van der Waals surface area contributed by atoms with Crippen molar-refractivity contribution in [2.75, 3.05) is 0 Å². The standard InChI is InChI=1S/C24H21AsO2/c26-23-17-16-22(18-24(23)27)25(19-10-4-1-5-11-19,20-12-6-2-7-13-20)21-14-8-3-9-15-21/h1-18,25-27H. The van der Waals surface area contributed by atoms with Gasteiger partial charge in [0.05, 0.1) is 0 Å². The van der Waals surface area contributed by atoms with Crippen molar-refractivity contribution in [3.63, 3.8) is 0 Å². The summed E-state index contributed by atoms with van der Waals surface area (Å²) in [5.74, 6) is -0.172. The average molecular weight is 416 g/mol. The third-order valence-corrected chi connectivity index (χ3v) is 15.0. The number of phenols is 2. The van der Waals surface area contributed by atoms with Crippen LogP contribution in [-0.4, -0.2) is 23.8 Å². The Morgan fingerprint density at radius 2 is 0.815 bits per heavy atom. The summed E-state index contributed by atoms with van der Waals surface area (Å²) in [4.78, 5) is 0. The number of aromatic hydroxyl groups is 2. The fourth-order valence-electron chi connectivity index (χ4n) is 3.82. The zero-order chi connectivity index (χ0) is 18.7. The zero-order valence-electron chi connectivity index (χ0n) is 14.8. The van der Waals surface area contributed by atoms with Crippen LogP contribution in [-0.2, 0) is 0 Å². The molecule has 3 heteroatoms. The predicted molar refractivity (Wildman–Crippen MR) is 115 cm³/mol. The van der Waals surface area contributed by atoms with Crippen LogP contribution >= 0.6 is 0 Å². The Kier molecular flexibility index (Phi) is 4.75. The summed E-state index contributed by atoms with van der Waals surface area (Å²) in [5.41, 5.74) is 0. The van der Waals surface area contributed by atoms with Crippen molar-refractivity contribution in [2.45, 2.75) is 0 Å². The van der Waals surface area contributed by atoms with Crippen LogP contribution in [0.15, 0.2) is 109 Å². The molecule has 0 fully saturated rings. The van der Waals surface area contributed by atoms with Crippen LogP contribution in [0, 0.1) is 0 Å². The summed E-state index contributed by atoms with van der Waals surface area (Å²) >= 11 is -3.33. The van der Waals surface area contributed by atoms with Crippen molar-refractivity contribution in [3.05, 3.63) is 109 Å². The maximum atomic E-state index is 10.3. The van der Waals surface area contributed by atoms with Crippen LogP contribution in [0.5, 0.6) is 11.5 Å². The van der Waals surface area contributed by atoms with Gasteiger partial charge < -0.3 is 0 Å². The molecule has 0 aliphatic rings. The van der Waals surface area contributed by atoms with Crippen molar-refractivity contribution < 1.29 is 10.2 Å². The van der Waals surface area contributed by atoms with E-state index < -0.39 is 13.6 Å². The summed E-state index contributed by atoms with van der Waals surface area (Å²) in [6.45, 7) is 0. The van der Waals surface area contributed by atoms with E-state index in [2.05, 4.69) is 72.8 Å². The molecule has 0 unspecified atom stereocenters. The Hall–Kier alpha value is -2.96. The molecule has 27 heavy (non-hydrogen) atoms. The zero-order valence-corrected chi connectivity index (χ0v) is 16.9. The molecule has 0 amide bonds. The van der Waals surface area contributed by atoms with E-state index in [-0.39, 0.29) is 11.5 Å². The van der Waals surface area contributed by atoms with E-state index in [9.17, 15) is 10.2 Å². The van der Waals surface area contributed by atoms with Gasteiger partial charge in [-0.3, -0.25) is 0 Å². The van der Waals surface area contributed by atoms with Gasteiger partial charge in [0.2, 0.25) is 0 Å². The van der Waals surface area contributed by atoms with Crippen LogP contribution in [0.25, 0.3) is 0 Å². The van der Waals surface area contributed by atoms with Crippen molar-refractivity contribution in [1.82, 2.24) is 0 Å². The topological polar surface area (TPSA) is 40.5 Å². The molecule has 4 aromatic rings. The molecule has 0 radical (unpaired) electrons. The van der Waals surface area contributed by atoms with Crippen LogP contribution in [0.1, 0.15) is 0 Å². The second-order valence-corrected chi connectivity index (χ2v) is 14.5. The Bertz CT molecular complexity index is 935. The number of hydrogen-bond donors (Lipinski definition) is 2. The summed E-state index contributed by atoms with van der Waals surface area (Å²) in [7, 11) is 0. The van der Waals surface area contributed by atoms with E-state index in [4.69, 9.17) is 0 Å². The van der Waals surface area contributed by atoms with Gasteiger partial charge in [-0.15, -0.1) is 0 Å². The first kappa shape index (κ1) is 17.5. The molecule has 0 atom stereocenters. The molecule has 4 rings (SSSR count). The molecule has 0 heterocycles. The number of rotatable bonds is 4. The molecule has 0 aliphatic heterocycles. The molecule has 0 bridgehead atoms. The van der Waals surface area contributed by atoms with E-state index in [0.717, 1.165) is 4.35 Å². The molecule has 0 saturated carbocycles. The molecule has 2 N–H and O–H groups in total. The molecule has 134 valence electrons. The normalized spacial score (nSPS) is 11.9. The first-order chi connectivity index (χ1) is 13.2. The summed E-state index contributed by atoms with van der Waals surface area (Å²) in [6, 6.07) is 36.9. The summed E-state index contributed by atoms with van der Waals surface area (Å²) in [5, 5.41) is 20.2. The molecular formula is C24H21AsO2. The SMILES string of the molecule is Oc1ccc([AsH](c2ccccc2)(c2ccccc2)c2ccccc2)cc1O. The van der Waals surface area contributed by atoms with Crippen LogP contribution in [0.4, 0.5) is 0 Å². The first-order valence-electron chi connectivity index (χ1n) is 8.92. The number of phenolic OH excluding ortho intramolecular Hbond substituents is 2. The van der Waals surface area contributed by atoms with Gasteiger partial charge in [-0.25, -0.2) is 0 Å². The summed E-state index contributed by atoms with van der Waals surface area (Å²) in [6.07, 6.45) is 0. The van der Waals surface area contributed by atoms with Gasteiger partial charge in [0.1, 0.15) is 0 Å². The third kappa shape index (κ3) is 3.03. The van der Waals surface area contributed by atoms with E-state index in [1.807, 2.05) is 24.3 Å². The molecule has 0 saturated heterocycles. The van der Waals surface area contributed by atoms with Gasteiger partial charge in [0, 0.05) is 0 Å².